The van der Waals surface area contributed by atoms with Crippen molar-refractivity contribution >= 4 is 37.3 Å². The van der Waals surface area contributed by atoms with E-state index in [4.69, 9.17) is 4.74 Å². The van der Waals surface area contributed by atoms with Crippen LogP contribution in [0.4, 0.5) is 0 Å². The zero-order valence-electron chi connectivity index (χ0n) is 12.8. The molecular weight excluding hydrogens is 376 g/mol. The second-order valence-electron chi connectivity index (χ2n) is 4.91. The third-order valence-corrected chi connectivity index (χ3v) is 6.94. The second-order valence-corrected chi connectivity index (χ2v) is 9.38. The molecule has 122 valence electrons. The lowest BCUT2D eigenvalue weighted by Gasteiger charge is -2.16. The van der Waals surface area contributed by atoms with Crippen molar-refractivity contribution in [2.24, 2.45) is 0 Å². The lowest BCUT2D eigenvalue weighted by atomic mass is 10.4. The van der Waals surface area contributed by atoms with Crippen LogP contribution in [0.2, 0.25) is 0 Å². The van der Waals surface area contributed by atoms with Crippen molar-refractivity contribution in [1.29, 1.82) is 0 Å². The summed E-state index contributed by atoms with van der Waals surface area (Å²) >= 11 is 4.81. The Hall–Kier alpha value is 0.01000. The molecule has 0 amide bonds. The normalized spacial score (nSPS) is 12.5. The largest absolute Gasteiger partial charge is 0.380 e. The van der Waals surface area contributed by atoms with Gasteiger partial charge in [-0.1, -0.05) is 13.8 Å². The molecule has 1 aromatic heterocycles. The van der Waals surface area contributed by atoms with E-state index in [0.717, 1.165) is 4.88 Å². The Labute approximate surface area is 139 Å². The van der Waals surface area contributed by atoms with E-state index >= 15 is 0 Å². The summed E-state index contributed by atoms with van der Waals surface area (Å²) in [6.45, 7) is 8.00. The van der Waals surface area contributed by atoms with Gasteiger partial charge in [0.2, 0.25) is 10.0 Å². The van der Waals surface area contributed by atoms with E-state index in [9.17, 15) is 8.42 Å². The number of nitrogens with zero attached hydrogens (tertiary/aromatic N) is 1. The van der Waals surface area contributed by atoms with Gasteiger partial charge in [0.05, 0.1) is 10.4 Å². The molecule has 0 bridgehead atoms. The van der Waals surface area contributed by atoms with Crippen molar-refractivity contribution in [1.82, 2.24) is 9.62 Å². The summed E-state index contributed by atoms with van der Waals surface area (Å²) in [6.07, 6.45) is 0. The lowest BCUT2D eigenvalue weighted by Crippen LogP contribution is -2.30. The monoisotopic (exact) mass is 398 g/mol. The summed E-state index contributed by atoms with van der Waals surface area (Å²) in [5.41, 5.74) is 0. The maximum atomic E-state index is 12.5. The highest BCUT2D eigenvalue weighted by molar-refractivity contribution is 9.11. The molecule has 0 saturated carbocycles. The van der Waals surface area contributed by atoms with E-state index in [1.54, 1.807) is 13.1 Å². The Morgan fingerprint density at radius 2 is 2.14 bits per heavy atom. The van der Waals surface area contributed by atoms with Crippen molar-refractivity contribution in [3.8, 4) is 0 Å². The van der Waals surface area contributed by atoms with Gasteiger partial charge < -0.3 is 10.1 Å². The molecule has 0 unspecified atom stereocenters. The summed E-state index contributed by atoms with van der Waals surface area (Å²) in [6, 6.07) is 2.09. The van der Waals surface area contributed by atoms with Gasteiger partial charge in [-0.15, -0.1) is 11.3 Å². The maximum Gasteiger partial charge on any atom is 0.244 e. The van der Waals surface area contributed by atoms with Crippen molar-refractivity contribution in [2.75, 3.05) is 26.8 Å². The SMILES string of the molecule is CCOCCN(C)S(=O)(=O)c1cc(CNC(C)C)sc1Br. The first-order chi connectivity index (χ1) is 9.78. The van der Waals surface area contributed by atoms with E-state index in [1.807, 2.05) is 6.92 Å². The molecule has 0 aromatic carbocycles. The van der Waals surface area contributed by atoms with E-state index < -0.39 is 10.0 Å². The van der Waals surface area contributed by atoms with Gasteiger partial charge in [0.1, 0.15) is 4.90 Å². The molecule has 0 aliphatic heterocycles. The van der Waals surface area contributed by atoms with Crippen molar-refractivity contribution in [2.45, 2.75) is 38.3 Å². The quantitative estimate of drug-likeness (QED) is 0.649. The molecule has 0 atom stereocenters. The average molecular weight is 399 g/mol. The van der Waals surface area contributed by atoms with Crippen LogP contribution in [0, 0.1) is 0 Å². The summed E-state index contributed by atoms with van der Waals surface area (Å²) in [5, 5.41) is 3.29. The van der Waals surface area contributed by atoms with Crippen LogP contribution in [0.25, 0.3) is 0 Å². The summed E-state index contributed by atoms with van der Waals surface area (Å²) in [5.74, 6) is 0. The zero-order chi connectivity index (χ0) is 16.0. The average Bonchev–Trinajstić information content (AvgIpc) is 2.78. The molecule has 0 aliphatic carbocycles. The molecule has 0 aliphatic rings. The second kappa shape index (κ2) is 8.59. The van der Waals surface area contributed by atoms with Gasteiger partial charge in [0, 0.05) is 37.7 Å². The molecule has 1 aromatic rings. The summed E-state index contributed by atoms with van der Waals surface area (Å²) in [7, 11) is -1.90. The molecule has 0 spiro atoms. The molecule has 0 radical (unpaired) electrons. The van der Waals surface area contributed by atoms with E-state index in [2.05, 4.69) is 35.1 Å². The van der Waals surface area contributed by atoms with Crippen LogP contribution in [0.15, 0.2) is 14.7 Å². The molecule has 0 saturated heterocycles. The minimum absolute atomic E-state index is 0.326. The fourth-order valence-electron chi connectivity index (χ4n) is 1.59. The van der Waals surface area contributed by atoms with Crippen LogP contribution in [0.1, 0.15) is 25.6 Å². The molecule has 1 heterocycles. The van der Waals surface area contributed by atoms with Crippen LogP contribution in [-0.4, -0.2) is 45.6 Å². The van der Waals surface area contributed by atoms with Gasteiger partial charge in [-0.2, -0.15) is 4.31 Å². The van der Waals surface area contributed by atoms with E-state index in [-0.39, 0.29) is 0 Å². The van der Waals surface area contributed by atoms with Gasteiger partial charge in [0.25, 0.3) is 0 Å². The molecule has 0 fully saturated rings. The van der Waals surface area contributed by atoms with Crippen molar-refractivity contribution in [3.63, 3.8) is 0 Å². The number of ether oxygens (including phenoxy) is 1. The molecule has 5 nitrogen and oxygen atoms in total. The highest BCUT2D eigenvalue weighted by Gasteiger charge is 2.25. The first kappa shape index (κ1) is 19.1. The van der Waals surface area contributed by atoms with Gasteiger partial charge >= 0.3 is 0 Å². The highest BCUT2D eigenvalue weighted by Crippen LogP contribution is 2.33. The fraction of sp³-hybridized carbons (Fsp3) is 0.692. The van der Waals surface area contributed by atoms with Crippen molar-refractivity contribution in [3.05, 3.63) is 14.7 Å². The van der Waals surface area contributed by atoms with Crippen LogP contribution >= 0.6 is 27.3 Å². The van der Waals surface area contributed by atoms with Crippen LogP contribution in [0.5, 0.6) is 0 Å². The Bertz CT molecular complexity index is 544. The number of halogens is 1. The third-order valence-electron chi connectivity index (χ3n) is 2.83. The number of sulfonamides is 1. The Morgan fingerprint density at radius 3 is 2.71 bits per heavy atom. The molecular formula is C13H23BrN2O3S2. The number of hydrogen-bond acceptors (Lipinski definition) is 5. The Morgan fingerprint density at radius 1 is 1.48 bits per heavy atom. The van der Waals surface area contributed by atoms with Gasteiger partial charge in [-0.3, -0.25) is 0 Å². The number of likely N-dealkylation sites (N-methyl/N-ethyl adjacent to an activating group) is 1. The highest BCUT2D eigenvalue weighted by atomic mass is 79.9. The molecule has 1 rings (SSSR count). The standard InChI is InChI=1S/C13H23BrN2O3S2/c1-5-19-7-6-16(4)21(17,18)12-8-11(20-13(12)14)9-15-10(2)3/h8,10,15H,5-7,9H2,1-4H3. The van der Waals surface area contributed by atoms with Crippen LogP contribution < -0.4 is 5.32 Å². The number of hydrogen-bond donors (Lipinski definition) is 1. The lowest BCUT2D eigenvalue weighted by molar-refractivity contribution is 0.138. The van der Waals surface area contributed by atoms with E-state index in [1.165, 1.54) is 15.6 Å². The van der Waals surface area contributed by atoms with Crippen LogP contribution in [0.3, 0.4) is 0 Å². The predicted molar refractivity (Wildman–Crippen MR) is 90.3 cm³/mol. The predicted octanol–water partition coefficient (Wildman–Crippen LogP) is 2.67. The fourth-order valence-corrected chi connectivity index (χ4v) is 5.33. The van der Waals surface area contributed by atoms with Gasteiger partial charge in [0.15, 0.2) is 0 Å². The topological polar surface area (TPSA) is 58.6 Å². The van der Waals surface area contributed by atoms with Crippen LogP contribution in [-0.2, 0) is 21.3 Å². The van der Waals surface area contributed by atoms with Crippen molar-refractivity contribution < 1.29 is 13.2 Å². The first-order valence-corrected chi connectivity index (χ1v) is 9.89. The molecule has 1 N–H and O–H groups in total. The minimum Gasteiger partial charge on any atom is -0.380 e. The Balaban J connectivity index is 2.82. The number of thiophene rings is 1. The molecule has 8 heteroatoms. The smallest absolute Gasteiger partial charge is 0.244 e. The molecule has 21 heavy (non-hydrogen) atoms. The summed E-state index contributed by atoms with van der Waals surface area (Å²) < 4.78 is 32.2. The van der Waals surface area contributed by atoms with Gasteiger partial charge in [-0.25, -0.2) is 8.42 Å². The zero-order valence-corrected chi connectivity index (χ0v) is 16.1. The summed E-state index contributed by atoms with van der Waals surface area (Å²) in [4.78, 5) is 1.32. The third kappa shape index (κ3) is 5.61. The Kier molecular flexibility index (Phi) is 7.80. The van der Waals surface area contributed by atoms with Gasteiger partial charge in [-0.05, 0) is 28.9 Å². The number of nitrogens with one attached hydrogen (secondary N) is 1. The first-order valence-electron chi connectivity index (χ1n) is 6.84. The van der Waals surface area contributed by atoms with E-state index in [0.29, 0.717) is 41.0 Å². The number of rotatable bonds is 9. The maximum absolute atomic E-state index is 12.5. The minimum atomic E-state index is -3.48.